The lowest BCUT2D eigenvalue weighted by Gasteiger charge is -2.26. The van der Waals surface area contributed by atoms with Crippen LogP contribution in [0.25, 0.3) is 0 Å². The van der Waals surface area contributed by atoms with Gasteiger partial charge in [-0.25, -0.2) is 4.98 Å². The third-order valence-electron chi connectivity index (χ3n) is 4.04. The van der Waals surface area contributed by atoms with Crippen LogP contribution in [-0.2, 0) is 4.74 Å². The summed E-state index contributed by atoms with van der Waals surface area (Å²) in [5.74, 6) is 3.10. The van der Waals surface area contributed by atoms with Gasteiger partial charge in [-0.3, -0.25) is 0 Å². The van der Waals surface area contributed by atoms with Crippen molar-refractivity contribution < 1.29 is 9.47 Å². The summed E-state index contributed by atoms with van der Waals surface area (Å²) < 4.78 is 11.2. The first-order valence-electron chi connectivity index (χ1n) is 8.62. The second-order valence-electron chi connectivity index (χ2n) is 5.91. The molecule has 0 aliphatic carbocycles. The molecule has 0 radical (unpaired) electrons. The van der Waals surface area contributed by atoms with Gasteiger partial charge in [0.2, 0.25) is 5.95 Å². The van der Waals surface area contributed by atoms with Gasteiger partial charge < -0.3 is 19.7 Å². The fourth-order valence-corrected chi connectivity index (χ4v) is 2.71. The van der Waals surface area contributed by atoms with Gasteiger partial charge >= 0.3 is 0 Å². The molecule has 132 valence electrons. The van der Waals surface area contributed by atoms with Gasteiger partial charge in [-0.2, -0.15) is 4.98 Å². The van der Waals surface area contributed by atoms with Crippen molar-refractivity contribution in [1.29, 1.82) is 0 Å². The predicted octanol–water partition coefficient (Wildman–Crippen LogP) is 3.85. The third kappa shape index (κ3) is 4.10. The maximum Gasteiger partial charge on any atom is 0.227 e. The first kappa shape index (κ1) is 16.4. The Bertz CT molecular complexity index is 834. The highest BCUT2D eigenvalue weighted by molar-refractivity contribution is 5.58. The van der Waals surface area contributed by atoms with E-state index in [0.717, 1.165) is 42.0 Å². The van der Waals surface area contributed by atoms with E-state index < -0.39 is 0 Å². The Labute approximate surface area is 152 Å². The Morgan fingerprint density at radius 2 is 1.62 bits per heavy atom. The molecule has 0 unspecified atom stereocenters. The maximum atomic E-state index is 5.81. The van der Waals surface area contributed by atoms with Gasteiger partial charge in [-0.05, 0) is 42.5 Å². The van der Waals surface area contributed by atoms with E-state index in [-0.39, 0.29) is 0 Å². The van der Waals surface area contributed by atoms with Gasteiger partial charge in [0.05, 0.1) is 13.2 Å². The number of anilines is 3. The zero-order chi connectivity index (χ0) is 17.6. The second-order valence-corrected chi connectivity index (χ2v) is 5.91. The van der Waals surface area contributed by atoms with E-state index in [1.54, 1.807) is 6.20 Å². The van der Waals surface area contributed by atoms with Gasteiger partial charge in [0.1, 0.15) is 17.3 Å². The average molecular weight is 348 g/mol. The molecule has 0 saturated carbocycles. The van der Waals surface area contributed by atoms with Crippen molar-refractivity contribution in [2.45, 2.75) is 0 Å². The lowest BCUT2D eigenvalue weighted by atomic mass is 10.3. The molecule has 1 aromatic heterocycles. The van der Waals surface area contributed by atoms with Crippen LogP contribution in [-0.4, -0.2) is 36.3 Å². The molecule has 1 N–H and O–H groups in total. The van der Waals surface area contributed by atoms with E-state index in [0.29, 0.717) is 13.2 Å². The molecule has 26 heavy (non-hydrogen) atoms. The van der Waals surface area contributed by atoms with E-state index in [2.05, 4.69) is 20.2 Å². The van der Waals surface area contributed by atoms with Crippen LogP contribution < -0.4 is 15.0 Å². The summed E-state index contributed by atoms with van der Waals surface area (Å²) in [6.07, 6.45) is 1.77. The van der Waals surface area contributed by atoms with Gasteiger partial charge in [-0.1, -0.05) is 18.2 Å². The van der Waals surface area contributed by atoms with E-state index in [1.807, 2.05) is 60.7 Å². The maximum absolute atomic E-state index is 5.81. The second kappa shape index (κ2) is 7.84. The average Bonchev–Trinajstić information content (AvgIpc) is 2.71. The van der Waals surface area contributed by atoms with Crippen LogP contribution in [0.3, 0.4) is 0 Å². The molecular weight excluding hydrogens is 328 g/mol. The van der Waals surface area contributed by atoms with E-state index in [1.165, 1.54) is 0 Å². The number of aromatic nitrogens is 2. The number of nitrogens with one attached hydrogen (secondary N) is 1. The van der Waals surface area contributed by atoms with E-state index >= 15 is 0 Å². The Balaban J connectivity index is 1.42. The van der Waals surface area contributed by atoms with Crippen molar-refractivity contribution in [2.75, 3.05) is 36.5 Å². The number of morpholine rings is 1. The molecule has 6 heteroatoms. The molecule has 1 aliphatic rings. The number of rotatable bonds is 5. The van der Waals surface area contributed by atoms with Crippen molar-refractivity contribution in [3.8, 4) is 11.5 Å². The molecule has 1 aliphatic heterocycles. The SMILES string of the molecule is c1ccc(Oc2ccc(Nc3ccnc(N4CCOCC4)n3)cc2)cc1. The standard InChI is InChI=1S/C20H20N4O2/c1-2-4-17(5-3-1)26-18-8-6-16(7-9-18)22-19-10-11-21-20(23-19)24-12-14-25-15-13-24/h1-11H,12-15H2,(H,21,22,23). The van der Waals surface area contributed by atoms with Crippen LogP contribution in [0.2, 0.25) is 0 Å². The summed E-state index contributed by atoms with van der Waals surface area (Å²) in [5.41, 5.74) is 0.942. The minimum absolute atomic E-state index is 0.712. The normalized spacial score (nSPS) is 14.1. The highest BCUT2D eigenvalue weighted by atomic mass is 16.5. The molecule has 0 bridgehead atoms. The highest BCUT2D eigenvalue weighted by Crippen LogP contribution is 2.24. The summed E-state index contributed by atoms with van der Waals surface area (Å²) in [4.78, 5) is 11.1. The monoisotopic (exact) mass is 348 g/mol. The number of nitrogens with zero attached hydrogens (tertiary/aromatic N) is 3. The van der Waals surface area contributed by atoms with Crippen molar-refractivity contribution in [3.05, 3.63) is 66.9 Å². The number of hydrogen-bond donors (Lipinski definition) is 1. The summed E-state index contributed by atoms with van der Waals surface area (Å²) in [5, 5.41) is 3.31. The smallest absolute Gasteiger partial charge is 0.227 e. The van der Waals surface area contributed by atoms with E-state index in [4.69, 9.17) is 9.47 Å². The zero-order valence-corrected chi connectivity index (χ0v) is 14.3. The van der Waals surface area contributed by atoms with Crippen molar-refractivity contribution >= 4 is 17.5 Å². The Hall–Kier alpha value is -3.12. The number of para-hydroxylation sites is 1. The van der Waals surface area contributed by atoms with Crippen LogP contribution in [0.15, 0.2) is 66.9 Å². The quantitative estimate of drug-likeness (QED) is 0.756. The van der Waals surface area contributed by atoms with Crippen LogP contribution >= 0.6 is 0 Å². The van der Waals surface area contributed by atoms with Crippen molar-refractivity contribution in [1.82, 2.24) is 9.97 Å². The number of hydrogen-bond acceptors (Lipinski definition) is 6. The molecule has 2 heterocycles. The Kier molecular flexibility index (Phi) is 4.93. The predicted molar refractivity (Wildman–Crippen MR) is 101 cm³/mol. The summed E-state index contributed by atoms with van der Waals surface area (Å²) in [6.45, 7) is 3.05. The fraction of sp³-hybridized carbons (Fsp3) is 0.200. The lowest BCUT2D eigenvalue weighted by Crippen LogP contribution is -2.37. The molecule has 1 saturated heterocycles. The summed E-state index contributed by atoms with van der Waals surface area (Å²) >= 11 is 0. The van der Waals surface area contributed by atoms with Crippen molar-refractivity contribution in [2.24, 2.45) is 0 Å². The molecule has 6 nitrogen and oxygen atoms in total. The first-order valence-corrected chi connectivity index (χ1v) is 8.62. The molecule has 1 fully saturated rings. The van der Waals surface area contributed by atoms with Crippen LogP contribution in [0, 0.1) is 0 Å². The Morgan fingerprint density at radius 3 is 2.38 bits per heavy atom. The first-order chi connectivity index (χ1) is 12.9. The molecule has 2 aromatic carbocycles. The molecule has 0 amide bonds. The summed E-state index contributed by atoms with van der Waals surface area (Å²) in [7, 11) is 0. The van der Waals surface area contributed by atoms with Crippen LogP contribution in [0.1, 0.15) is 0 Å². The minimum Gasteiger partial charge on any atom is -0.457 e. The topological polar surface area (TPSA) is 59.5 Å². The third-order valence-corrected chi connectivity index (χ3v) is 4.04. The van der Waals surface area contributed by atoms with Gasteiger partial charge in [-0.15, -0.1) is 0 Å². The number of benzene rings is 2. The van der Waals surface area contributed by atoms with Crippen LogP contribution in [0.4, 0.5) is 17.5 Å². The molecule has 0 atom stereocenters. The van der Waals surface area contributed by atoms with Crippen molar-refractivity contribution in [3.63, 3.8) is 0 Å². The van der Waals surface area contributed by atoms with Gasteiger partial charge in [0, 0.05) is 25.0 Å². The van der Waals surface area contributed by atoms with Gasteiger partial charge in [0.25, 0.3) is 0 Å². The number of ether oxygens (including phenoxy) is 2. The zero-order valence-electron chi connectivity index (χ0n) is 14.3. The van der Waals surface area contributed by atoms with E-state index in [9.17, 15) is 0 Å². The lowest BCUT2D eigenvalue weighted by molar-refractivity contribution is 0.122. The summed E-state index contributed by atoms with van der Waals surface area (Å²) in [6, 6.07) is 19.4. The molecule has 3 aromatic rings. The molecule has 0 spiro atoms. The highest BCUT2D eigenvalue weighted by Gasteiger charge is 2.13. The fourth-order valence-electron chi connectivity index (χ4n) is 2.71. The largest absolute Gasteiger partial charge is 0.457 e. The van der Waals surface area contributed by atoms with Gasteiger partial charge in [0.15, 0.2) is 0 Å². The van der Waals surface area contributed by atoms with Crippen LogP contribution in [0.5, 0.6) is 11.5 Å². The molecule has 4 rings (SSSR count). The Morgan fingerprint density at radius 1 is 0.885 bits per heavy atom. The minimum atomic E-state index is 0.712. The molecular formula is C20H20N4O2.